The number of benzene rings is 1. The van der Waals surface area contributed by atoms with Crippen LogP contribution >= 0.6 is 11.6 Å². The van der Waals surface area contributed by atoms with E-state index in [0.717, 1.165) is 16.5 Å². The average molecular weight is 237 g/mol. The number of aryl methyl sites for hydroxylation is 2. The van der Waals surface area contributed by atoms with E-state index in [0.29, 0.717) is 10.5 Å². The lowest BCUT2D eigenvalue weighted by molar-refractivity contribution is -0.383. The van der Waals surface area contributed by atoms with E-state index < -0.39 is 4.92 Å². The molecule has 0 aliphatic carbocycles. The van der Waals surface area contributed by atoms with Crippen LogP contribution < -0.4 is 0 Å². The number of nitro benzene ring substituents is 1. The van der Waals surface area contributed by atoms with Crippen LogP contribution in [0.15, 0.2) is 18.3 Å². The molecule has 2 aromatic rings. The molecule has 0 aliphatic rings. The van der Waals surface area contributed by atoms with Gasteiger partial charge in [-0.1, -0.05) is 11.6 Å². The number of rotatable bonds is 1. The largest absolute Gasteiger partial charge is 0.296 e. The van der Waals surface area contributed by atoms with Gasteiger partial charge in [-0.25, -0.2) is 4.98 Å². The van der Waals surface area contributed by atoms with Gasteiger partial charge in [0.25, 0.3) is 5.69 Å². The lowest BCUT2D eigenvalue weighted by atomic mass is 10.1. The SMILES string of the molecule is Cc1cnc2c([N+](=O)[O-])cc(Cl)cc2c1C. The molecule has 0 atom stereocenters. The van der Waals surface area contributed by atoms with Crippen molar-refractivity contribution in [3.63, 3.8) is 0 Å². The zero-order valence-corrected chi connectivity index (χ0v) is 9.58. The summed E-state index contributed by atoms with van der Waals surface area (Å²) in [6.45, 7) is 3.81. The standard InChI is InChI=1S/C11H9ClN2O2/c1-6-5-13-11-9(7(6)2)3-8(12)4-10(11)14(15)16/h3-5H,1-2H3. The third-order valence-electron chi connectivity index (χ3n) is 2.63. The van der Waals surface area contributed by atoms with Gasteiger partial charge in [-0.2, -0.15) is 0 Å². The number of nitro groups is 1. The summed E-state index contributed by atoms with van der Waals surface area (Å²) >= 11 is 5.86. The molecule has 1 heterocycles. The number of hydrogen-bond acceptors (Lipinski definition) is 3. The normalized spacial score (nSPS) is 10.7. The second kappa shape index (κ2) is 3.72. The maximum Gasteiger partial charge on any atom is 0.296 e. The summed E-state index contributed by atoms with van der Waals surface area (Å²) in [4.78, 5) is 14.5. The fourth-order valence-electron chi connectivity index (χ4n) is 1.62. The monoisotopic (exact) mass is 236 g/mol. The van der Waals surface area contributed by atoms with Gasteiger partial charge < -0.3 is 0 Å². The molecule has 5 heteroatoms. The van der Waals surface area contributed by atoms with Gasteiger partial charge in [-0.15, -0.1) is 0 Å². The molecule has 0 saturated heterocycles. The Hall–Kier alpha value is -1.68. The van der Waals surface area contributed by atoms with E-state index in [1.807, 2.05) is 13.8 Å². The number of fused-ring (bicyclic) bond motifs is 1. The van der Waals surface area contributed by atoms with Gasteiger partial charge in [0.1, 0.15) is 5.52 Å². The van der Waals surface area contributed by atoms with Crippen molar-refractivity contribution < 1.29 is 4.92 Å². The van der Waals surface area contributed by atoms with Gasteiger partial charge in [-0.05, 0) is 31.0 Å². The maximum absolute atomic E-state index is 10.9. The van der Waals surface area contributed by atoms with Gasteiger partial charge in [-0.3, -0.25) is 10.1 Å². The highest BCUT2D eigenvalue weighted by atomic mass is 35.5. The summed E-state index contributed by atoms with van der Waals surface area (Å²) in [5.41, 5.74) is 2.29. The number of pyridine rings is 1. The minimum absolute atomic E-state index is 0.0504. The highest BCUT2D eigenvalue weighted by molar-refractivity contribution is 6.31. The van der Waals surface area contributed by atoms with Crippen molar-refractivity contribution >= 4 is 28.2 Å². The molecule has 0 fully saturated rings. The fourth-order valence-corrected chi connectivity index (χ4v) is 1.83. The number of non-ortho nitro benzene ring substituents is 1. The van der Waals surface area contributed by atoms with Crippen molar-refractivity contribution in [2.24, 2.45) is 0 Å². The van der Waals surface area contributed by atoms with E-state index in [-0.39, 0.29) is 5.69 Å². The van der Waals surface area contributed by atoms with E-state index in [4.69, 9.17) is 11.6 Å². The molecule has 1 aromatic carbocycles. The van der Waals surface area contributed by atoms with Crippen LogP contribution in [0.3, 0.4) is 0 Å². The predicted molar refractivity (Wildman–Crippen MR) is 62.9 cm³/mol. The molecule has 16 heavy (non-hydrogen) atoms. The Bertz CT molecular complexity index is 596. The molecule has 0 N–H and O–H groups in total. The third kappa shape index (κ3) is 1.61. The van der Waals surface area contributed by atoms with Crippen LogP contribution in [0, 0.1) is 24.0 Å². The van der Waals surface area contributed by atoms with E-state index in [2.05, 4.69) is 4.98 Å². The molecule has 1 aromatic heterocycles. The predicted octanol–water partition coefficient (Wildman–Crippen LogP) is 3.41. The van der Waals surface area contributed by atoms with Gasteiger partial charge in [0.15, 0.2) is 0 Å². The lowest BCUT2D eigenvalue weighted by Crippen LogP contribution is -1.94. The first-order valence-corrected chi connectivity index (χ1v) is 5.08. The number of halogens is 1. The first-order valence-electron chi connectivity index (χ1n) is 4.70. The zero-order valence-electron chi connectivity index (χ0n) is 8.82. The van der Waals surface area contributed by atoms with E-state index in [1.165, 1.54) is 6.07 Å². The molecular weight excluding hydrogens is 228 g/mol. The van der Waals surface area contributed by atoms with Crippen LogP contribution in [0.4, 0.5) is 5.69 Å². The van der Waals surface area contributed by atoms with Crippen molar-refractivity contribution in [3.05, 3.63) is 44.6 Å². The van der Waals surface area contributed by atoms with E-state index >= 15 is 0 Å². The first kappa shape index (κ1) is 10.8. The molecule has 0 saturated carbocycles. The van der Waals surface area contributed by atoms with Gasteiger partial charge in [0.2, 0.25) is 0 Å². The molecule has 4 nitrogen and oxygen atoms in total. The summed E-state index contributed by atoms with van der Waals surface area (Å²) in [5, 5.41) is 12.0. The van der Waals surface area contributed by atoms with E-state index in [1.54, 1.807) is 12.3 Å². The van der Waals surface area contributed by atoms with Crippen LogP contribution in [0.2, 0.25) is 5.02 Å². The first-order chi connectivity index (χ1) is 7.50. The molecule has 0 radical (unpaired) electrons. The molecule has 0 aliphatic heterocycles. The summed E-state index contributed by atoms with van der Waals surface area (Å²) in [6, 6.07) is 3.03. The Kier molecular flexibility index (Phi) is 2.52. The fraction of sp³-hybridized carbons (Fsp3) is 0.182. The molecule has 2 rings (SSSR count). The zero-order chi connectivity index (χ0) is 11.9. The van der Waals surface area contributed by atoms with Gasteiger partial charge in [0.05, 0.1) is 4.92 Å². The molecular formula is C11H9ClN2O2. The molecule has 0 spiro atoms. The number of aromatic nitrogens is 1. The highest BCUT2D eigenvalue weighted by Crippen LogP contribution is 2.30. The number of hydrogen-bond donors (Lipinski definition) is 0. The van der Waals surface area contributed by atoms with Crippen LogP contribution in [-0.4, -0.2) is 9.91 Å². The molecule has 0 unspecified atom stereocenters. The van der Waals surface area contributed by atoms with Crippen LogP contribution in [0.1, 0.15) is 11.1 Å². The Morgan fingerprint density at radius 1 is 1.38 bits per heavy atom. The minimum atomic E-state index is -0.462. The summed E-state index contributed by atoms with van der Waals surface area (Å²) < 4.78 is 0. The van der Waals surface area contributed by atoms with Crippen LogP contribution in [0.25, 0.3) is 10.9 Å². The number of nitrogens with zero attached hydrogens (tertiary/aromatic N) is 2. The van der Waals surface area contributed by atoms with Crippen LogP contribution in [-0.2, 0) is 0 Å². The average Bonchev–Trinajstić information content (AvgIpc) is 2.23. The molecule has 82 valence electrons. The Labute approximate surface area is 97.0 Å². The molecule has 0 bridgehead atoms. The van der Waals surface area contributed by atoms with Crippen molar-refractivity contribution in [1.82, 2.24) is 4.98 Å². The van der Waals surface area contributed by atoms with Crippen molar-refractivity contribution in [2.75, 3.05) is 0 Å². The Morgan fingerprint density at radius 3 is 2.69 bits per heavy atom. The van der Waals surface area contributed by atoms with Gasteiger partial charge in [0, 0.05) is 22.7 Å². The van der Waals surface area contributed by atoms with Gasteiger partial charge >= 0.3 is 0 Å². The molecule has 0 amide bonds. The maximum atomic E-state index is 10.9. The Morgan fingerprint density at radius 2 is 2.06 bits per heavy atom. The quantitative estimate of drug-likeness (QED) is 0.563. The second-order valence-corrected chi connectivity index (χ2v) is 4.08. The van der Waals surface area contributed by atoms with Crippen molar-refractivity contribution in [1.29, 1.82) is 0 Å². The second-order valence-electron chi connectivity index (χ2n) is 3.64. The summed E-state index contributed by atoms with van der Waals surface area (Å²) in [6.07, 6.45) is 1.64. The topological polar surface area (TPSA) is 56.0 Å². The summed E-state index contributed by atoms with van der Waals surface area (Å²) in [7, 11) is 0. The third-order valence-corrected chi connectivity index (χ3v) is 2.85. The smallest absolute Gasteiger partial charge is 0.258 e. The Balaban J connectivity index is 2.94. The minimum Gasteiger partial charge on any atom is -0.258 e. The lowest BCUT2D eigenvalue weighted by Gasteiger charge is -2.05. The highest BCUT2D eigenvalue weighted by Gasteiger charge is 2.16. The van der Waals surface area contributed by atoms with E-state index in [9.17, 15) is 10.1 Å². The van der Waals surface area contributed by atoms with Crippen LogP contribution in [0.5, 0.6) is 0 Å². The summed E-state index contributed by atoms with van der Waals surface area (Å²) in [5.74, 6) is 0. The van der Waals surface area contributed by atoms with Crippen molar-refractivity contribution in [2.45, 2.75) is 13.8 Å². The van der Waals surface area contributed by atoms with Crippen molar-refractivity contribution in [3.8, 4) is 0 Å².